The molecular formula is C17H21NO4. The first-order valence-corrected chi connectivity index (χ1v) is 8.05. The highest BCUT2D eigenvalue weighted by atomic mass is 16.6. The first kappa shape index (κ1) is 13.9. The standard InChI is InChI=1S/C17H21NO4/c1-11-9-12-10-18(6-5-14(12)22-11)17(19)13-3-2-4-15-16(13)21-8-7-20-15/h2-4,11-12,14H,5-10H2,1H3/t11-,12-,14+/m1/s1. The highest BCUT2D eigenvalue weighted by molar-refractivity contribution is 5.98. The van der Waals surface area contributed by atoms with E-state index in [9.17, 15) is 4.79 Å². The fraction of sp³-hybridized carbons (Fsp3) is 0.588. The molecule has 4 rings (SSSR count). The van der Waals surface area contributed by atoms with Crippen molar-refractivity contribution in [3.05, 3.63) is 23.8 Å². The number of nitrogens with zero attached hydrogens (tertiary/aromatic N) is 1. The predicted octanol–water partition coefficient (Wildman–Crippen LogP) is 2.10. The number of benzene rings is 1. The van der Waals surface area contributed by atoms with E-state index in [-0.39, 0.29) is 5.91 Å². The molecule has 0 saturated carbocycles. The van der Waals surface area contributed by atoms with Crippen LogP contribution in [0.4, 0.5) is 0 Å². The molecule has 0 N–H and O–H groups in total. The Bertz CT molecular complexity index is 588. The number of carbonyl (C=O) groups is 1. The van der Waals surface area contributed by atoms with Crippen molar-refractivity contribution in [2.45, 2.75) is 32.0 Å². The van der Waals surface area contributed by atoms with Gasteiger partial charge in [0.1, 0.15) is 13.2 Å². The zero-order valence-electron chi connectivity index (χ0n) is 12.8. The molecule has 3 heterocycles. The van der Waals surface area contributed by atoms with Crippen molar-refractivity contribution in [1.29, 1.82) is 0 Å². The molecule has 1 amide bonds. The van der Waals surface area contributed by atoms with Crippen LogP contribution in [-0.4, -0.2) is 49.3 Å². The molecule has 2 fully saturated rings. The third-order valence-electron chi connectivity index (χ3n) is 4.79. The van der Waals surface area contributed by atoms with Gasteiger partial charge < -0.3 is 19.1 Å². The molecule has 3 atom stereocenters. The van der Waals surface area contributed by atoms with E-state index in [0.717, 1.165) is 25.9 Å². The SMILES string of the molecule is C[C@@H]1C[C@@H]2CN(C(=O)c3cccc4c3OCCO4)CC[C@@H]2O1. The second-order valence-corrected chi connectivity index (χ2v) is 6.35. The van der Waals surface area contributed by atoms with Gasteiger partial charge >= 0.3 is 0 Å². The van der Waals surface area contributed by atoms with Crippen molar-refractivity contribution in [2.75, 3.05) is 26.3 Å². The molecule has 1 aromatic rings. The van der Waals surface area contributed by atoms with Gasteiger partial charge in [0.2, 0.25) is 0 Å². The van der Waals surface area contributed by atoms with Crippen LogP contribution in [-0.2, 0) is 4.74 Å². The minimum Gasteiger partial charge on any atom is -0.486 e. The van der Waals surface area contributed by atoms with Crippen LogP contribution in [0, 0.1) is 5.92 Å². The maximum atomic E-state index is 12.9. The Kier molecular flexibility index (Phi) is 3.45. The molecule has 0 spiro atoms. The molecule has 0 aliphatic carbocycles. The molecule has 22 heavy (non-hydrogen) atoms. The average Bonchev–Trinajstić information content (AvgIpc) is 2.92. The Morgan fingerprint density at radius 2 is 2.14 bits per heavy atom. The van der Waals surface area contributed by atoms with E-state index in [0.29, 0.717) is 48.4 Å². The topological polar surface area (TPSA) is 48.0 Å². The van der Waals surface area contributed by atoms with E-state index in [1.165, 1.54) is 0 Å². The molecule has 5 nitrogen and oxygen atoms in total. The molecule has 3 aliphatic heterocycles. The second-order valence-electron chi connectivity index (χ2n) is 6.35. The molecule has 118 valence electrons. The Morgan fingerprint density at radius 1 is 1.27 bits per heavy atom. The average molecular weight is 303 g/mol. The number of para-hydroxylation sites is 1. The number of carbonyl (C=O) groups excluding carboxylic acids is 1. The van der Waals surface area contributed by atoms with Crippen molar-refractivity contribution in [1.82, 2.24) is 4.90 Å². The number of hydrogen-bond donors (Lipinski definition) is 0. The van der Waals surface area contributed by atoms with Gasteiger partial charge in [-0.3, -0.25) is 4.79 Å². The molecule has 1 aromatic carbocycles. The number of amides is 1. The van der Waals surface area contributed by atoms with Crippen LogP contribution in [0.15, 0.2) is 18.2 Å². The number of ether oxygens (including phenoxy) is 3. The van der Waals surface area contributed by atoms with Crippen LogP contribution in [0.25, 0.3) is 0 Å². The number of rotatable bonds is 1. The molecule has 5 heteroatoms. The molecule has 0 aromatic heterocycles. The van der Waals surface area contributed by atoms with Crippen LogP contribution in [0.3, 0.4) is 0 Å². The zero-order chi connectivity index (χ0) is 15.1. The highest BCUT2D eigenvalue weighted by Gasteiger charge is 2.39. The molecule has 0 unspecified atom stereocenters. The van der Waals surface area contributed by atoms with Crippen LogP contribution in [0.2, 0.25) is 0 Å². The van der Waals surface area contributed by atoms with Crippen LogP contribution >= 0.6 is 0 Å². The van der Waals surface area contributed by atoms with E-state index < -0.39 is 0 Å². The van der Waals surface area contributed by atoms with Gasteiger partial charge in [0.05, 0.1) is 17.8 Å². The third-order valence-corrected chi connectivity index (χ3v) is 4.79. The number of fused-ring (bicyclic) bond motifs is 2. The van der Waals surface area contributed by atoms with Crippen molar-refractivity contribution >= 4 is 5.91 Å². The van der Waals surface area contributed by atoms with E-state index >= 15 is 0 Å². The van der Waals surface area contributed by atoms with E-state index in [2.05, 4.69) is 6.92 Å². The lowest BCUT2D eigenvalue weighted by Crippen LogP contribution is -2.44. The molecule has 3 aliphatic rings. The Hall–Kier alpha value is -1.75. The summed E-state index contributed by atoms with van der Waals surface area (Å²) in [6, 6.07) is 5.54. The van der Waals surface area contributed by atoms with E-state index in [1.807, 2.05) is 23.1 Å². The quantitative estimate of drug-likeness (QED) is 0.797. The van der Waals surface area contributed by atoms with Crippen molar-refractivity contribution in [3.63, 3.8) is 0 Å². The predicted molar refractivity (Wildman–Crippen MR) is 80.4 cm³/mol. The molecule has 0 bridgehead atoms. The first-order chi connectivity index (χ1) is 10.7. The molecular weight excluding hydrogens is 282 g/mol. The number of likely N-dealkylation sites (tertiary alicyclic amines) is 1. The van der Waals surface area contributed by atoms with Gasteiger partial charge in [0.15, 0.2) is 11.5 Å². The lowest BCUT2D eigenvalue weighted by atomic mass is 9.92. The largest absolute Gasteiger partial charge is 0.486 e. The normalized spacial score (nSPS) is 30.0. The summed E-state index contributed by atoms with van der Waals surface area (Å²) in [5, 5.41) is 0. The van der Waals surface area contributed by atoms with Crippen LogP contribution in [0.5, 0.6) is 11.5 Å². The summed E-state index contributed by atoms with van der Waals surface area (Å²) in [5.41, 5.74) is 0.614. The van der Waals surface area contributed by atoms with E-state index in [1.54, 1.807) is 0 Å². The summed E-state index contributed by atoms with van der Waals surface area (Å²) in [6.45, 7) is 4.67. The highest BCUT2D eigenvalue weighted by Crippen LogP contribution is 2.37. The van der Waals surface area contributed by atoms with Crippen molar-refractivity contribution < 1.29 is 19.0 Å². The first-order valence-electron chi connectivity index (χ1n) is 8.05. The second kappa shape index (κ2) is 5.47. The summed E-state index contributed by atoms with van der Waals surface area (Å²) in [6.07, 6.45) is 2.60. The summed E-state index contributed by atoms with van der Waals surface area (Å²) in [7, 11) is 0. The van der Waals surface area contributed by atoms with Gasteiger partial charge in [-0.15, -0.1) is 0 Å². The number of piperidine rings is 1. The lowest BCUT2D eigenvalue weighted by Gasteiger charge is -2.34. The van der Waals surface area contributed by atoms with Crippen LogP contribution in [0.1, 0.15) is 30.1 Å². The van der Waals surface area contributed by atoms with Crippen LogP contribution < -0.4 is 9.47 Å². The Morgan fingerprint density at radius 3 is 3.05 bits per heavy atom. The Balaban J connectivity index is 1.55. The van der Waals surface area contributed by atoms with Gasteiger partial charge in [-0.2, -0.15) is 0 Å². The minimum atomic E-state index is 0.0420. The smallest absolute Gasteiger partial charge is 0.257 e. The fourth-order valence-electron chi connectivity index (χ4n) is 3.79. The molecule has 0 radical (unpaired) electrons. The fourth-order valence-corrected chi connectivity index (χ4v) is 3.79. The monoisotopic (exact) mass is 303 g/mol. The van der Waals surface area contributed by atoms with Gasteiger partial charge in [0.25, 0.3) is 5.91 Å². The van der Waals surface area contributed by atoms with Gasteiger partial charge in [-0.25, -0.2) is 0 Å². The maximum absolute atomic E-state index is 12.9. The lowest BCUT2D eigenvalue weighted by molar-refractivity contribution is 0.00849. The minimum absolute atomic E-state index is 0.0420. The Labute approximate surface area is 130 Å². The summed E-state index contributed by atoms with van der Waals surface area (Å²) < 4.78 is 17.1. The zero-order valence-corrected chi connectivity index (χ0v) is 12.8. The number of hydrogen-bond acceptors (Lipinski definition) is 4. The van der Waals surface area contributed by atoms with E-state index in [4.69, 9.17) is 14.2 Å². The summed E-state index contributed by atoms with van der Waals surface area (Å²) in [5.74, 6) is 1.77. The van der Waals surface area contributed by atoms with Gasteiger partial charge in [-0.1, -0.05) is 6.07 Å². The molecule has 2 saturated heterocycles. The maximum Gasteiger partial charge on any atom is 0.257 e. The van der Waals surface area contributed by atoms with Crippen molar-refractivity contribution in [2.24, 2.45) is 5.92 Å². The third kappa shape index (κ3) is 2.33. The summed E-state index contributed by atoms with van der Waals surface area (Å²) >= 11 is 0. The van der Waals surface area contributed by atoms with Crippen molar-refractivity contribution in [3.8, 4) is 11.5 Å². The van der Waals surface area contributed by atoms with Gasteiger partial charge in [0, 0.05) is 19.0 Å². The van der Waals surface area contributed by atoms with Gasteiger partial charge in [-0.05, 0) is 31.9 Å². The summed E-state index contributed by atoms with van der Waals surface area (Å²) in [4.78, 5) is 14.8.